The van der Waals surface area contributed by atoms with Gasteiger partial charge in [0.25, 0.3) is 11.6 Å². The maximum atomic E-state index is 12.1. The van der Waals surface area contributed by atoms with Crippen LogP contribution in [0.1, 0.15) is 17.3 Å². The van der Waals surface area contributed by atoms with Crippen molar-refractivity contribution < 1.29 is 24.0 Å². The molecule has 0 aliphatic rings. The third kappa shape index (κ3) is 4.77. The minimum absolute atomic E-state index is 0.154. The third-order valence-corrected chi connectivity index (χ3v) is 3.28. The molecule has 0 aromatic heterocycles. The van der Waals surface area contributed by atoms with Gasteiger partial charge in [-0.15, -0.1) is 0 Å². The molecule has 0 saturated heterocycles. The number of nitrogens with zero attached hydrogens (tertiary/aromatic N) is 1. The number of nitro benzene ring substituents is 1. The maximum Gasteiger partial charge on any atom is 0.339 e. The topological polar surface area (TPSA) is 108 Å². The molecule has 0 heterocycles. The molecular weight excluding hydrogens is 328 g/mol. The second-order valence-electron chi connectivity index (χ2n) is 5.08. The molecule has 8 heteroatoms. The van der Waals surface area contributed by atoms with Gasteiger partial charge in [-0.2, -0.15) is 0 Å². The average Bonchev–Trinajstić information content (AvgIpc) is 2.61. The summed E-state index contributed by atoms with van der Waals surface area (Å²) in [5.74, 6) is -0.791. The second kappa shape index (κ2) is 7.91. The Labute approximate surface area is 143 Å². The molecule has 0 aliphatic carbocycles. The summed E-state index contributed by atoms with van der Waals surface area (Å²) >= 11 is 0. The molecule has 2 aromatic carbocycles. The van der Waals surface area contributed by atoms with Gasteiger partial charge in [-0.05, 0) is 31.2 Å². The number of nitro groups is 1. The van der Waals surface area contributed by atoms with Crippen molar-refractivity contribution in [1.29, 1.82) is 0 Å². The number of hydrogen-bond acceptors (Lipinski definition) is 6. The standard InChI is InChI=1S/C17H16N2O6/c1-11(25-17(21)12-5-3-8-15(9-12)24-2)16(20)18-13-6-4-7-14(10-13)19(22)23/h3-11H,1-2H3,(H,18,20)/t11-/m0/s1. The highest BCUT2D eigenvalue weighted by molar-refractivity contribution is 5.97. The number of esters is 1. The maximum absolute atomic E-state index is 12.1. The van der Waals surface area contributed by atoms with Crippen LogP contribution in [0.15, 0.2) is 48.5 Å². The Bertz CT molecular complexity index is 805. The molecule has 0 aliphatic heterocycles. The van der Waals surface area contributed by atoms with Gasteiger partial charge in [0.15, 0.2) is 6.10 Å². The number of hydrogen-bond donors (Lipinski definition) is 1. The van der Waals surface area contributed by atoms with Gasteiger partial charge in [-0.1, -0.05) is 12.1 Å². The number of amides is 1. The number of nitrogens with one attached hydrogen (secondary N) is 1. The van der Waals surface area contributed by atoms with Crippen LogP contribution in [0.3, 0.4) is 0 Å². The van der Waals surface area contributed by atoms with Crippen molar-refractivity contribution in [3.8, 4) is 5.75 Å². The Morgan fingerprint density at radius 2 is 1.88 bits per heavy atom. The highest BCUT2D eigenvalue weighted by Gasteiger charge is 2.20. The van der Waals surface area contributed by atoms with Gasteiger partial charge < -0.3 is 14.8 Å². The lowest BCUT2D eigenvalue weighted by Crippen LogP contribution is -2.30. The summed E-state index contributed by atoms with van der Waals surface area (Å²) in [5.41, 5.74) is 0.330. The quantitative estimate of drug-likeness (QED) is 0.490. The average molecular weight is 344 g/mol. The largest absolute Gasteiger partial charge is 0.497 e. The Morgan fingerprint density at radius 3 is 2.56 bits per heavy atom. The zero-order valence-electron chi connectivity index (χ0n) is 13.6. The molecule has 1 amide bonds. The first-order chi connectivity index (χ1) is 11.9. The first-order valence-corrected chi connectivity index (χ1v) is 7.31. The SMILES string of the molecule is COc1cccc(C(=O)O[C@@H](C)C(=O)Nc2cccc([N+](=O)[O-])c2)c1. The van der Waals surface area contributed by atoms with Crippen LogP contribution in [-0.2, 0) is 9.53 Å². The summed E-state index contributed by atoms with van der Waals surface area (Å²) in [6.45, 7) is 1.41. The minimum atomic E-state index is -1.09. The summed E-state index contributed by atoms with van der Waals surface area (Å²) in [7, 11) is 1.47. The van der Waals surface area contributed by atoms with E-state index in [-0.39, 0.29) is 16.9 Å². The molecular formula is C17H16N2O6. The number of carbonyl (C=O) groups is 2. The summed E-state index contributed by atoms with van der Waals surface area (Å²) in [5, 5.41) is 13.2. The van der Waals surface area contributed by atoms with Crippen LogP contribution in [0.2, 0.25) is 0 Å². The lowest BCUT2D eigenvalue weighted by molar-refractivity contribution is -0.384. The number of rotatable bonds is 6. The lowest BCUT2D eigenvalue weighted by atomic mass is 10.2. The van der Waals surface area contributed by atoms with Crippen molar-refractivity contribution in [1.82, 2.24) is 0 Å². The normalized spacial score (nSPS) is 11.3. The zero-order valence-corrected chi connectivity index (χ0v) is 13.6. The predicted octanol–water partition coefficient (Wildman–Crippen LogP) is 2.79. The van der Waals surface area contributed by atoms with Crippen LogP contribution in [0.4, 0.5) is 11.4 Å². The zero-order chi connectivity index (χ0) is 18.4. The van der Waals surface area contributed by atoms with Crippen LogP contribution >= 0.6 is 0 Å². The first kappa shape index (κ1) is 17.9. The van der Waals surface area contributed by atoms with Gasteiger partial charge in [0, 0.05) is 17.8 Å². The monoisotopic (exact) mass is 344 g/mol. The van der Waals surface area contributed by atoms with Crippen LogP contribution in [0.25, 0.3) is 0 Å². The van der Waals surface area contributed by atoms with Gasteiger partial charge in [0.2, 0.25) is 0 Å². The highest BCUT2D eigenvalue weighted by atomic mass is 16.6. The van der Waals surface area contributed by atoms with E-state index in [2.05, 4.69) is 5.32 Å². The van der Waals surface area contributed by atoms with Crippen molar-refractivity contribution in [3.05, 3.63) is 64.2 Å². The number of methoxy groups -OCH3 is 1. The van der Waals surface area contributed by atoms with Crippen LogP contribution in [0.5, 0.6) is 5.75 Å². The van der Waals surface area contributed by atoms with E-state index >= 15 is 0 Å². The van der Waals surface area contributed by atoms with Gasteiger partial charge in [-0.3, -0.25) is 14.9 Å². The predicted molar refractivity (Wildman–Crippen MR) is 89.6 cm³/mol. The number of benzene rings is 2. The van der Waals surface area contributed by atoms with Gasteiger partial charge in [0.1, 0.15) is 5.75 Å². The summed E-state index contributed by atoms with van der Waals surface area (Å²) in [6, 6.07) is 11.8. The van der Waals surface area contributed by atoms with Crippen molar-refractivity contribution in [3.63, 3.8) is 0 Å². The summed E-state index contributed by atoms with van der Waals surface area (Å²) in [4.78, 5) is 34.4. The van der Waals surface area contributed by atoms with E-state index in [9.17, 15) is 19.7 Å². The summed E-state index contributed by atoms with van der Waals surface area (Å²) < 4.78 is 10.1. The Kier molecular flexibility index (Phi) is 5.67. The van der Waals surface area contributed by atoms with Crippen molar-refractivity contribution in [2.24, 2.45) is 0 Å². The molecule has 0 saturated carbocycles. The van der Waals surface area contributed by atoms with E-state index in [4.69, 9.17) is 9.47 Å². The van der Waals surface area contributed by atoms with Crippen molar-refractivity contribution in [2.45, 2.75) is 13.0 Å². The molecule has 0 spiro atoms. The number of ether oxygens (including phenoxy) is 2. The molecule has 0 radical (unpaired) electrons. The third-order valence-electron chi connectivity index (χ3n) is 3.28. The molecule has 2 aromatic rings. The molecule has 0 unspecified atom stereocenters. The van der Waals surface area contributed by atoms with Gasteiger partial charge >= 0.3 is 5.97 Å². The van der Waals surface area contributed by atoms with Crippen LogP contribution in [0, 0.1) is 10.1 Å². The summed E-state index contributed by atoms with van der Waals surface area (Å²) in [6.07, 6.45) is -1.09. The lowest BCUT2D eigenvalue weighted by Gasteiger charge is -2.13. The van der Waals surface area contributed by atoms with Crippen LogP contribution < -0.4 is 10.1 Å². The minimum Gasteiger partial charge on any atom is -0.497 e. The fourth-order valence-electron chi connectivity index (χ4n) is 1.97. The van der Waals surface area contributed by atoms with Gasteiger partial charge in [0.05, 0.1) is 17.6 Å². The molecule has 1 N–H and O–H groups in total. The highest BCUT2D eigenvalue weighted by Crippen LogP contribution is 2.18. The number of carbonyl (C=O) groups excluding carboxylic acids is 2. The van der Waals surface area contributed by atoms with E-state index in [1.807, 2.05) is 0 Å². The molecule has 8 nitrogen and oxygen atoms in total. The van der Waals surface area contributed by atoms with E-state index in [1.165, 1.54) is 50.4 Å². The van der Waals surface area contributed by atoms with E-state index in [1.54, 1.807) is 12.1 Å². The van der Waals surface area contributed by atoms with E-state index in [0.717, 1.165) is 0 Å². The molecule has 130 valence electrons. The molecule has 0 bridgehead atoms. The molecule has 0 fully saturated rings. The fourth-order valence-corrected chi connectivity index (χ4v) is 1.97. The smallest absolute Gasteiger partial charge is 0.339 e. The van der Waals surface area contributed by atoms with Crippen molar-refractivity contribution >= 4 is 23.3 Å². The second-order valence-corrected chi connectivity index (χ2v) is 5.08. The number of non-ortho nitro benzene ring substituents is 1. The Hall–Kier alpha value is -3.42. The van der Waals surface area contributed by atoms with E-state index in [0.29, 0.717) is 5.75 Å². The van der Waals surface area contributed by atoms with Gasteiger partial charge in [-0.25, -0.2) is 4.79 Å². The van der Waals surface area contributed by atoms with Crippen LogP contribution in [-0.4, -0.2) is 30.0 Å². The molecule has 2 rings (SSSR count). The molecule has 25 heavy (non-hydrogen) atoms. The van der Waals surface area contributed by atoms with Crippen molar-refractivity contribution in [2.75, 3.05) is 12.4 Å². The van der Waals surface area contributed by atoms with E-state index < -0.39 is 22.9 Å². The first-order valence-electron chi connectivity index (χ1n) is 7.31. The Morgan fingerprint density at radius 1 is 1.16 bits per heavy atom. The fraction of sp³-hybridized carbons (Fsp3) is 0.176. The Balaban J connectivity index is 2.01. The number of anilines is 1. The molecule has 1 atom stereocenters.